The van der Waals surface area contributed by atoms with E-state index in [1.165, 1.54) is 0 Å². The van der Waals surface area contributed by atoms with E-state index in [0.29, 0.717) is 19.2 Å². The highest BCUT2D eigenvalue weighted by Gasteiger charge is 2.05. The fraction of sp³-hybridized carbons (Fsp3) is 0.357. The number of methoxy groups -OCH3 is 1. The normalized spacial score (nSPS) is 10.4. The molecule has 5 nitrogen and oxygen atoms in total. The lowest BCUT2D eigenvalue weighted by Gasteiger charge is -2.03. The molecular weight excluding hydrogens is 244 g/mol. The molecule has 0 radical (unpaired) electrons. The third kappa shape index (κ3) is 3.99. The van der Waals surface area contributed by atoms with Gasteiger partial charge in [0.25, 0.3) is 0 Å². The molecule has 1 aromatic carbocycles. The van der Waals surface area contributed by atoms with Gasteiger partial charge in [0.15, 0.2) is 0 Å². The number of rotatable bonds is 7. The first-order valence-electron chi connectivity index (χ1n) is 6.22. The summed E-state index contributed by atoms with van der Waals surface area (Å²) in [5.41, 5.74) is 1.87. The summed E-state index contributed by atoms with van der Waals surface area (Å²) in [7, 11) is 1.64. The minimum Gasteiger partial charge on any atom is -0.497 e. The number of nitrogens with zero attached hydrogens (tertiary/aromatic N) is 1. The summed E-state index contributed by atoms with van der Waals surface area (Å²) in [4.78, 5) is 4.22. The molecule has 0 aliphatic rings. The lowest BCUT2D eigenvalue weighted by molar-refractivity contribution is 0.220. The molecule has 102 valence electrons. The Labute approximate surface area is 112 Å². The van der Waals surface area contributed by atoms with E-state index in [1.54, 1.807) is 13.4 Å². The zero-order valence-electron chi connectivity index (χ0n) is 11.2. The van der Waals surface area contributed by atoms with Gasteiger partial charge < -0.3 is 19.2 Å². The molecule has 1 aromatic heterocycles. The second-order valence-electron chi connectivity index (χ2n) is 4.02. The van der Waals surface area contributed by atoms with Crippen molar-refractivity contribution in [1.82, 2.24) is 10.3 Å². The molecule has 19 heavy (non-hydrogen) atoms. The average Bonchev–Trinajstić information content (AvgIpc) is 2.91. The third-order valence-electron chi connectivity index (χ3n) is 2.61. The second-order valence-corrected chi connectivity index (χ2v) is 4.02. The molecule has 0 aliphatic carbocycles. The summed E-state index contributed by atoms with van der Waals surface area (Å²) < 4.78 is 15.8. The SMILES string of the molecule is CCNCc1coc(OCc2ccc(OC)cc2)n1. The van der Waals surface area contributed by atoms with Crippen LogP contribution in [0, 0.1) is 0 Å². The first-order chi connectivity index (χ1) is 9.31. The summed E-state index contributed by atoms with van der Waals surface area (Å²) in [6, 6.07) is 7.68. The molecular formula is C14H18N2O3. The highest BCUT2D eigenvalue weighted by atomic mass is 16.6. The minimum atomic E-state index is 0.295. The third-order valence-corrected chi connectivity index (χ3v) is 2.61. The van der Waals surface area contributed by atoms with Gasteiger partial charge in [0.05, 0.1) is 12.8 Å². The molecule has 0 atom stereocenters. The van der Waals surface area contributed by atoms with Crippen molar-refractivity contribution in [3.63, 3.8) is 0 Å². The summed E-state index contributed by atoms with van der Waals surface area (Å²) >= 11 is 0. The van der Waals surface area contributed by atoms with Crippen molar-refractivity contribution >= 4 is 0 Å². The number of benzene rings is 1. The second kappa shape index (κ2) is 6.80. The molecule has 0 aliphatic heterocycles. The van der Waals surface area contributed by atoms with E-state index in [4.69, 9.17) is 13.9 Å². The van der Waals surface area contributed by atoms with Gasteiger partial charge in [-0.05, 0) is 24.2 Å². The summed E-state index contributed by atoms with van der Waals surface area (Å²) in [5, 5.41) is 3.17. The van der Waals surface area contributed by atoms with Gasteiger partial charge in [-0.1, -0.05) is 19.1 Å². The Bertz CT molecular complexity index is 494. The smallest absolute Gasteiger partial charge is 0.394 e. The zero-order valence-corrected chi connectivity index (χ0v) is 11.2. The number of hydrogen-bond acceptors (Lipinski definition) is 5. The first-order valence-corrected chi connectivity index (χ1v) is 6.22. The van der Waals surface area contributed by atoms with Crippen molar-refractivity contribution in [2.75, 3.05) is 13.7 Å². The zero-order chi connectivity index (χ0) is 13.5. The summed E-state index contributed by atoms with van der Waals surface area (Å²) in [6.07, 6.45) is 1.90. The van der Waals surface area contributed by atoms with Crippen LogP contribution in [0.2, 0.25) is 0 Å². The molecule has 1 heterocycles. The Morgan fingerprint density at radius 1 is 1.26 bits per heavy atom. The molecule has 0 saturated heterocycles. The van der Waals surface area contributed by atoms with Crippen LogP contribution < -0.4 is 14.8 Å². The fourth-order valence-corrected chi connectivity index (χ4v) is 1.56. The highest BCUT2D eigenvalue weighted by molar-refractivity contribution is 5.26. The lowest BCUT2D eigenvalue weighted by Crippen LogP contribution is -2.11. The quantitative estimate of drug-likeness (QED) is 0.830. The van der Waals surface area contributed by atoms with Crippen molar-refractivity contribution in [3.8, 4) is 11.8 Å². The van der Waals surface area contributed by atoms with Crippen LogP contribution in [0.5, 0.6) is 11.8 Å². The van der Waals surface area contributed by atoms with Gasteiger partial charge in [0, 0.05) is 6.54 Å². The van der Waals surface area contributed by atoms with Crippen LogP contribution in [0.15, 0.2) is 34.9 Å². The highest BCUT2D eigenvalue weighted by Crippen LogP contribution is 2.15. The molecule has 2 rings (SSSR count). The van der Waals surface area contributed by atoms with Gasteiger partial charge in [-0.15, -0.1) is 0 Å². The van der Waals surface area contributed by atoms with E-state index in [0.717, 1.165) is 23.6 Å². The maximum atomic E-state index is 5.48. The molecule has 0 fully saturated rings. The van der Waals surface area contributed by atoms with Crippen LogP contribution in [-0.4, -0.2) is 18.6 Å². The predicted octanol–water partition coefficient (Wildman–Crippen LogP) is 2.37. The standard InChI is InChI=1S/C14H18N2O3/c1-3-15-8-12-10-19-14(16-12)18-9-11-4-6-13(17-2)7-5-11/h4-7,10,15H,3,8-9H2,1-2H3. The van der Waals surface area contributed by atoms with Gasteiger partial charge in [-0.3, -0.25) is 0 Å². The number of ether oxygens (including phenoxy) is 2. The largest absolute Gasteiger partial charge is 0.497 e. The maximum absolute atomic E-state index is 5.48. The van der Waals surface area contributed by atoms with Gasteiger partial charge in [-0.25, -0.2) is 0 Å². The Kier molecular flexibility index (Phi) is 4.80. The van der Waals surface area contributed by atoms with E-state index in [-0.39, 0.29) is 0 Å². The molecule has 1 N–H and O–H groups in total. The molecule has 0 unspecified atom stereocenters. The van der Waals surface area contributed by atoms with Gasteiger partial charge in [0.1, 0.15) is 18.6 Å². The van der Waals surface area contributed by atoms with Crippen molar-refractivity contribution in [2.45, 2.75) is 20.1 Å². The van der Waals surface area contributed by atoms with E-state index in [1.807, 2.05) is 31.2 Å². The van der Waals surface area contributed by atoms with Crippen LogP contribution in [-0.2, 0) is 13.2 Å². The van der Waals surface area contributed by atoms with Crippen molar-refractivity contribution in [1.29, 1.82) is 0 Å². The molecule has 2 aromatic rings. The van der Waals surface area contributed by atoms with Gasteiger partial charge >= 0.3 is 6.08 Å². The number of oxazole rings is 1. The molecule has 0 saturated carbocycles. The van der Waals surface area contributed by atoms with Crippen LogP contribution in [0.3, 0.4) is 0 Å². The van der Waals surface area contributed by atoms with Crippen LogP contribution in [0.1, 0.15) is 18.2 Å². The van der Waals surface area contributed by atoms with Gasteiger partial charge in [-0.2, -0.15) is 4.98 Å². The minimum absolute atomic E-state index is 0.295. The molecule has 0 spiro atoms. The Balaban J connectivity index is 1.85. The summed E-state index contributed by atoms with van der Waals surface area (Å²) in [6.45, 7) is 4.05. The van der Waals surface area contributed by atoms with Crippen LogP contribution in [0.4, 0.5) is 0 Å². The van der Waals surface area contributed by atoms with Gasteiger partial charge in [0.2, 0.25) is 0 Å². The monoisotopic (exact) mass is 262 g/mol. The maximum Gasteiger partial charge on any atom is 0.394 e. The molecule has 0 amide bonds. The number of nitrogens with one attached hydrogen (secondary N) is 1. The predicted molar refractivity (Wildman–Crippen MR) is 71.2 cm³/mol. The van der Waals surface area contributed by atoms with Crippen molar-refractivity contribution < 1.29 is 13.9 Å². The summed E-state index contributed by atoms with van der Waals surface area (Å²) in [5.74, 6) is 0.827. The van der Waals surface area contributed by atoms with Crippen LogP contribution >= 0.6 is 0 Å². The van der Waals surface area contributed by atoms with E-state index >= 15 is 0 Å². The van der Waals surface area contributed by atoms with Crippen LogP contribution in [0.25, 0.3) is 0 Å². The van der Waals surface area contributed by atoms with Crippen molar-refractivity contribution in [2.24, 2.45) is 0 Å². The Morgan fingerprint density at radius 3 is 2.74 bits per heavy atom. The number of hydrogen-bond donors (Lipinski definition) is 1. The number of aromatic nitrogens is 1. The van der Waals surface area contributed by atoms with E-state index in [9.17, 15) is 0 Å². The van der Waals surface area contributed by atoms with Crippen molar-refractivity contribution in [3.05, 3.63) is 41.8 Å². The Hall–Kier alpha value is -2.01. The van der Waals surface area contributed by atoms with E-state index in [2.05, 4.69) is 10.3 Å². The molecule has 5 heteroatoms. The average molecular weight is 262 g/mol. The fourth-order valence-electron chi connectivity index (χ4n) is 1.56. The Morgan fingerprint density at radius 2 is 2.05 bits per heavy atom. The molecule has 0 bridgehead atoms. The van der Waals surface area contributed by atoms with E-state index < -0.39 is 0 Å². The first kappa shape index (κ1) is 13.4. The topological polar surface area (TPSA) is 56.5 Å². The lowest BCUT2D eigenvalue weighted by atomic mass is 10.2.